The minimum atomic E-state index is -0.273. The lowest BCUT2D eigenvalue weighted by atomic mass is 9.91. The Morgan fingerprint density at radius 3 is 2.67 bits per heavy atom. The van der Waals surface area contributed by atoms with Crippen LogP contribution in [0.15, 0.2) is 54.7 Å². The van der Waals surface area contributed by atoms with Gasteiger partial charge >= 0.3 is 5.97 Å². The number of likely N-dealkylation sites (N-methyl/N-ethyl adjacent to an activating group) is 1. The predicted octanol–water partition coefficient (Wildman–Crippen LogP) is 5.09. The highest BCUT2D eigenvalue weighted by Gasteiger charge is 2.45. The number of rotatable bonds is 6. The molecule has 1 aliphatic carbocycles. The van der Waals surface area contributed by atoms with Crippen molar-refractivity contribution in [2.75, 3.05) is 32.1 Å². The standard InChI is InChI=1S/C31H31N5O3/c1-4-39-28(37)17-34(2)27-13-11-20(16-32-27)19-10-12-23-24(14-19)36-25-15-26(30(36)33-23)35(3)31(38)22-7-5-6-21(29(22)25)18-8-9-18/h5-7,10-14,16,18,25-26H,4,8-9,15,17H2,1-3H3/t25-,26-/m1/s1. The van der Waals surface area contributed by atoms with Gasteiger partial charge < -0.3 is 19.1 Å². The molecule has 0 saturated heterocycles. The van der Waals surface area contributed by atoms with Crippen molar-refractivity contribution < 1.29 is 14.3 Å². The molecule has 2 bridgehead atoms. The number of hydrogen-bond acceptors (Lipinski definition) is 6. The van der Waals surface area contributed by atoms with Crippen LogP contribution in [0, 0.1) is 0 Å². The molecule has 0 radical (unpaired) electrons. The quantitative estimate of drug-likeness (QED) is 0.329. The number of fused-ring (bicyclic) bond motifs is 9. The second kappa shape index (κ2) is 8.93. The van der Waals surface area contributed by atoms with E-state index in [0.29, 0.717) is 18.3 Å². The maximum atomic E-state index is 13.5. The van der Waals surface area contributed by atoms with Gasteiger partial charge in [0.05, 0.1) is 29.7 Å². The summed E-state index contributed by atoms with van der Waals surface area (Å²) in [5.41, 5.74) is 7.43. The first-order valence-corrected chi connectivity index (χ1v) is 13.7. The maximum absolute atomic E-state index is 13.5. The van der Waals surface area contributed by atoms with Gasteiger partial charge in [0.1, 0.15) is 18.2 Å². The van der Waals surface area contributed by atoms with Gasteiger partial charge in [0, 0.05) is 37.8 Å². The Morgan fingerprint density at radius 1 is 1.10 bits per heavy atom. The summed E-state index contributed by atoms with van der Waals surface area (Å²) in [5.74, 6) is 2.05. The zero-order valence-electron chi connectivity index (χ0n) is 22.4. The summed E-state index contributed by atoms with van der Waals surface area (Å²) >= 11 is 0. The molecule has 7 rings (SSSR count). The number of ether oxygens (including phenoxy) is 1. The number of esters is 1. The van der Waals surface area contributed by atoms with Crippen LogP contribution in [0.4, 0.5) is 5.82 Å². The molecule has 1 saturated carbocycles. The Labute approximate surface area is 227 Å². The number of hydrogen-bond donors (Lipinski definition) is 0. The molecule has 1 fully saturated rings. The molecule has 39 heavy (non-hydrogen) atoms. The second-order valence-electron chi connectivity index (χ2n) is 10.9. The van der Waals surface area contributed by atoms with E-state index >= 15 is 0 Å². The van der Waals surface area contributed by atoms with E-state index in [4.69, 9.17) is 9.72 Å². The fraction of sp³-hybridized carbons (Fsp3) is 0.355. The topological polar surface area (TPSA) is 80.6 Å². The number of aromatic nitrogens is 3. The van der Waals surface area contributed by atoms with E-state index in [1.165, 1.54) is 24.0 Å². The summed E-state index contributed by atoms with van der Waals surface area (Å²) in [6.07, 6.45) is 5.08. The summed E-state index contributed by atoms with van der Waals surface area (Å²) < 4.78 is 7.44. The van der Waals surface area contributed by atoms with E-state index in [-0.39, 0.29) is 30.5 Å². The minimum absolute atomic E-state index is 0.0475. The average Bonchev–Trinajstić information content (AvgIpc) is 3.65. The molecule has 8 nitrogen and oxygen atoms in total. The molecule has 2 aliphatic heterocycles. The molecule has 2 aromatic heterocycles. The first-order valence-electron chi connectivity index (χ1n) is 13.7. The van der Waals surface area contributed by atoms with E-state index in [1.807, 2.05) is 49.5 Å². The van der Waals surface area contributed by atoms with Crippen LogP contribution in [-0.4, -0.2) is 58.6 Å². The zero-order chi connectivity index (χ0) is 26.8. The van der Waals surface area contributed by atoms with Gasteiger partial charge in [-0.15, -0.1) is 0 Å². The summed E-state index contributed by atoms with van der Waals surface area (Å²) in [5, 5.41) is 0. The van der Waals surface area contributed by atoms with Crippen molar-refractivity contribution in [1.82, 2.24) is 19.4 Å². The van der Waals surface area contributed by atoms with Gasteiger partial charge in [0.15, 0.2) is 0 Å². The van der Waals surface area contributed by atoms with E-state index in [1.54, 1.807) is 11.8 Å². The van der Waals surface area contributed by atoms with Crippen molar-refractivity contribution in [3.63, 3.8) is 0 Å². The lowest BCUT2D eigenvalue weighted by molar-refractivity contribution is -0.141. The summed E-state index contributed by atoms with van der Waals surface area (Å²) in [4.78, 5) is 38.7. The van der Waals surface area contributed by atoms with Crippen molar-refractivity contribution >= 4 is 28.7 Å². The van der Waals surface area contributed by atoms with Gasteiger partial charge in [-0.2, -0.15) is 0 Å². The maximum Gasteiger partial charge on any atom is 0.325 e. The van der Waals surface area contributed by atoms with Gasteiger partial charge in [0.25, 0.3) is 5.91 Å². The summed E-state index contributed by atoms with van der Waals surface area (Å²) in [6.45, 7) is 2.31. The number of anilines is 1. The average molecular weight is 522 g/mol. The number of nitrogens with zero attached hydrogens (tertiary/aromatic N) is 5. The lowest BCUT2D eigenvalue weighted by Gasteiger charge is -2.25. The number of carbonyl (C=O) groups excluding carboxylic acids is 2. The molecular weight excluding hydrogens is 490 g/mol. The Hall–Kier alpha value is -4.20. The van der Waals surface area contributed by atoms with Crippen LogP contribution in [0.3, 0.4) is 0 Å². The van der Waals surface area contributed by atoms with Crippen LogP contribution in [0.1, 0.15) is 71.5 Å². The van der Waals surface area contributed by atoms with Crippen molar-refractivity contribution in [1.29, 1.82) is 0 Å². The highest BCUT2D eigenvalue weighted by molar-refractivity contribution is 5.97. The third-order valence-corrected chi connectivity index (χ3v) is 8.43. The van der Waals surface area contributed by atoms with E-state index in [2.05, 4.69) is 33.8 Å². The monoisotopic (exact) mass is 521 g/mol. The van der Waals surface area contributed by atoms with E-state index in [0.717, 1.165) is 40.0 Å². The normalized spacial score (nSPS) is 19.6. The lowest BCUT2D eigenvalue weighted by Crippen LogP contribution is -2.30. The largest absolute Gasteiger partial charge is 0.465 e. The zero-order valence-corrected chi connectivity index (χ0v) is 22.4. The molecule has 0 unspecified atom stereocenters. The summed E-state index contributed by atoms with van der Waals surface area (Å²) in [6, 6.07) is 16.6. The SMILES string of the molecule is CCOC(=O)CN(C)c1ccc(-c2ccc3nc4n(c3c2)[C@@H]2C[C@H]4N(C)C(=O)c3cccc(C4CC4)c32)cn1. The molecule has 4 aromatic rings. The second-order valence-corrected chi connectivity index (χ2v) is 10.9. The Balaban J connectivity index is 1.28. The molecular formula is C31H31N5O3. The van der Waals surface area contributed by atoms with Crippen LogP contribution >= 0.6 is 0 Å². The third kappa shape index (κ3) is 3.80. The van der Waals surface area contributed by atoms with Crippen LogP contribution in [0.5, 0.6) is 0 Å². The van der Waals surface area contributed by atoms with Crippen LogP contribution in [-0.2, 0) is 9.53 Å². The molecule has 2 atom stereocenters. The van der Waals surface area contributed by atoms with Gasteiger partial charge in [0.2, 0.25) is 0 Å². The van der Waals surface area contributed by atoms with E-state index < -0.39 is 0 Å². The third-order valence-electron chi connectivity index (χ3n) is 8.43. The van der Waals surface area contributed by atoms with Crippen molar-refractivity contribution in [2.24, 2.45) is 0 Å². The fourth-order valence-corrected chi connectivity index (χ4v) is 6.34. The first kappa shape index (κ1) is 23.9. The van der Waals surface area contributed by atoms with Gasteiger partial charge in [-0.3, -0.25) is 9.59 Å². The van der Waals surface area contributed by atoms with Crippen molar-refractivity contribution in [3.05, 3.63) is 77.2 Å². The molecule has 2 aromatic carbocycles. The molecule has 0 N–H and O–H groups in total. The number of amides is 1. The van der Waals surface area contributed by atoms with E-state index in [9.17, 15) is 9.59 Å². The molecule has 1 amide bonds. The number of imidazole rings is 1. The van der Waals surface area contributed by atoms with Crippen LogP contribution < -0.4 is 4.90 Å². The Kier molecular flexibility index (Phi) is 5.47. The van der Waals surface area contributed by atoms with Crippen LogP contribution in [0.25, 0.3) is 22.2 Å². The molecule has 8 heteroatoms. The first-order chi connectivity index (χ1) is 18.9. The summed E-state index contributed by atoms with van der Waals surface area (Å²) in [7, 11) is 3.74. The molecule has 3 aliphatic rings. The predicted molar refractivity (Wildman–Crippen MR) is 149 cm³/mol. The molecule has 4 heterocycles. The Morgan fingerprint density at radius 2 is 1.92 bits per heavy atom. The van der Waals surface area contributed by atoms with Crippen LogP contribution in [0.2, 0.25) is 0 Å². The smallest absolute Gasteiger partial charge is 0.325 e. The number of benzene rings is 2. The highest BCUT2D eigenvalue weighted by Crippen LogP contribution is 2.52. The fourth-order valence-electron chi connectivity index (χ4n) is 6.34. The van der Waals surface area contributed by atoms with Crippen molar-refractivity contribution in [2.45, 2.75) is 44.2 Å². The van der Waals surface area contributed by atoms with Gasteiger partial charge in [-0.1, -0.05) is 18.2 Å². The highest BCUT2D eigenvalue weighted by atomic mass is 16.5. The minimum Gasteiger partial charge on any atom is -0.465 e. The van der Waals surface area contributed by atoms with Gasteiger partial charge in [-0.05, 0) is 72.7 Å². The van der Waals surface area contributed by atoms with Gasteiger partial charge in [-0.25, -0.2) is 9.97 Å². The Bertz CT molecular complexity index is 1620. The number of pyridine rings is 1. The number of carbonyl (C=O) groups is 2. The molecule has 198 valence electrons. The molecule has 0 spiro atoms. The van der Waals surface area contributed by atoms with Crippen molar-refractivity contribution in [3.8, 4) is 11.1 Å².